The van der Waals surface area contributed by atoms with E-state index in [0.29, 0.717) is 25.3 Å². The molecule has 70 valence electrons. The van der Waals surface area contributed by atoms with Gasteiger partial charge in [-0.05, 0) is 0 Å². The summed E-state index contributed by atoms with van der Waals surface area (Å²) in [6.07, 6.45) is 0.463. The summed E-state index contributed by atoms with van der Waals surface area (Å²) in [5, 5.41) is 0.142. The molecule has 0 amide bonds. The van der Waals surface area contributed by atoms with Crippen LogP contribution >= 0.6 is 36.6 Å². The van der Waals surface area contributed by atoms with E-state index in [-0.39, 0.29) is 29.9 Å². The molecule has 0 radical (unpaired) electrons. The van der Waals surface area contributed by atoms with E-state index in [1.165, 1.54) is 11.8 Å². The SMILES string of the molecule is Cl.Cl.NCCSC(=O)CCN. The fourth-order valence-electron chi connectivity index (χ4n) is 0.363. The van der Waals surface area contributed by atoms with Crippen LogP contribution < -0.4 is 11.5 Å². The Bertz CT molecular complexity index is 94.6. The summed E-state index contributed by atoms with van der Waals surface area (Å²) in [7, 11) is 0. The predicted octanol–water partition coefficient (Wildman–Crippen LogP) is 0.397. The van der Waals surface area contributed by atoms with E-state index in [9.17, 15) is 4.79 Å². The highest BCUT2D eigenvalue weighted by Crippen LogP contribution is 2.01. The third-order valence-corrected chi connectivity index (χ3v) is 1.70. The van der Waals surface area contributed by atoms with Crippen molar-refractivity contribution in [3.8, 4) is 0 Å². The van der Waals surface area contributed by atoms with Crippen molar-refractivity contribution in [2.24, 2.45) is 11.5 Å². The molecule has 0 atom stereocenters. The summed E-state index contributed by atoms with van der Waals surface area (Å²) in [5.74, 6) is 0.707. The van der Waals surface area contributed by atoms with Crippen LogP contribution in [0.1, 0.15) is 6.42 Å². The Morgan fingerprint density at radius 3 is 2.09 bits per heavy atom. The van der Waals surface area contributed by atoms with Crippen LogP contribution in [0.15, 0.2) is 0 Å². The molecule has 0 aliphatic heterocycles. The number of carbonyl (C=O) groups is 1. The first-order valence-electron chi connectivity index (χ1n) is 2.87. The Kier molecular flexibility index (Phi) is 21.0. The van der Waals surface area contributed by atoms with E-state index in [1.807, 2.05) is 0 Å². The van der Waals surface area contributed by atoms with Crippen molar-refractivity contribution in [3.05, 3.63) is 0 Å². The zero-order valence-electron chi connectivity index (χ0n) is 6.12. The lowest BCUT2D eigenvalue weighted by Gasteiger charge is -1.94. The Labute approximate surface area is 83.5 Å². The fraction of sp³-hybridized carbons (Fsp3) is 0.800. The smallest absolute Gasteiger partial charge is 0.190 e. The van der Waals surface area contributed by atoms with Gasteiger partial charge in [-0.15, -0.1) is 24.8 Å². The molecule has 0 aromatic carbocycles. The molecule has 0 saturated carbocycles. The van der Waals surface area contributed by atoms with Crippen LogP contribution in [0.25, 0.3) is 0 Å². The van der Waals surface area contributed by atoms with Gasteiger partial charge < -0.3 is 11.5 Å². The summed E-state index contributed by atoms with van der Waals surface area (Å²) in [5.41, 5.74) is 10.3. The van der Waals surface area contributed by atoms with Crippen LogP contribution in [-0.2, 0) is 4.79 Å². The normalized spacial score (nSPS) is 7.82. The fourth-order valence-corrected chi connectivity index (χ4v) is 0.970. The van der Waals surface area contributed by atoms with E-state index in [1.54, 1.807) is 0 Å². The van der Waals surface area contributed by atoms with Crippen molar-refractivity contribution >= 4 is 41.7 Å². The van der Waals surface area contributed by atoms with E-state index < -0.39 is 0 Å². The van der Waals surface area contributed by atoms with Crippen LogP contribution in [0.4, 0.5) is 0 Å². The molecule has 0 rings (SSSR count). The molecule has 0 fully saturated rings. The standard InChI is InChI=1S/C5H12N2OS.2ClH/c6-2-1-5(8)9-4-3-7;;/h1-4,6-7H2;2*1H. The number of rotatable bonds is 4. The molecule has 0 aliphatic carbocycles. The van der Waals surface area contributed by atoms with Crippen LogP contribution in [0.2, 0.25) is 0 Å². The maximum absolute atomic E-state index is 10.6. The highest BCUT2D eigenvalue weighted by Gasteiger charge is 1.97. The second-order valence-electron chi connectivity index (χ2n) is 1.55. The topological polar surface area (TPSA) is 69.1 Å². The summed E-state index contributed by atoms with van der Waals surface area (Å²) in [4.78, 5) is 10.6. The molecular formula is C5H14Cl2N2OS. The maximum atomic E-state index is 10.6. The van der Waals surface area contributed by atoms with Crippen LogP contribution in [-0.4, -0.2) is 24.0 Å². The molecule has 11 heavy (non-hydrogen) atoms. The van der Waals surface area contributed by atoms with Gasteiger partial charge in [0.15, 0.2) is 5.12 Å². The molecule has 4 N–H and O–H groups in total. The number of hydrogen-bond acceptors (Lipinski definition) is 4. The summed E-state index contributed by atoms with van der Waals surface area (Å²) in [6, 6.07) is 0. The molecular weight excluding hydrogens is 207 g/mol. The van der Waals surface area contributed by atoms with Crippen LogP contribution in [0.5, 0.6) is 0 Å². The van der Waals surface area contributed by atoms with Crippen molar-refractivity contribution in [2.75, 3.05) is 18.8 Å². The van der Waals surface area contributed by atoms with Gasteiger partial charge in [0.2, 0.25) is 0 Å². The van der Waals surface area contributed by atoms with E-state index in [0.717, 1.165) is 0 Å². The van der Waals surface area contributed by atoms with Crippen molar-refractivity contribution in [1.29, 1.82) is 0 Å². The van der Waals surface area contributed by atoms with E-state index in [2.05, 4.69) is 0 Å². The van der Waals surface area contributed by atoms with Crippen molar-refractivity contribution in [2.45, 2.75) is 6.42 Å². The lowest BCUT2D eigenvalue weighted by molar-refractivity contribution is -0.110. The summed E-state index contributed by atoms with van der Waals surface area (Å²) in [6.45, 7) is 0.997. The van der Waals surface area contributed by atoms with Crippen LogP contribution in [0.3, 0.4) is 0 Å². The third kappa shape index (κ3) is 13.5. The van der Waals surface area contributed by atoms with Gasteiger partial charge in [0.25, 0.3) is 0 Å². The minimum atomic E-state index is 0. The summed E-state index contributed by atoms with van der Waals surface area (Å²) < 4.78 is 0. The minimum Gasteiger partial charge on any atom is -0.330 e. The van der Waals surface area contributed by atoms with Gasteiger partial charge in [-0.2, -0.15) is 0 Å². The molecule has 0 saturated heterocycles. The number of halogens is 2. The second-order valence-corrected chi connectivity index (χ2v) is 2.70. The highest BCUT2D eigenvalue weighted by atomic mass is 35.5. The lowest BCUT2D eigenvalue weighted by atomic mass is 10.5. The Hall–Kier alpha value is 0.520. The van der Waals surface area contributed by atoms with Gasteiger partial charge in [0.05, 0.1) is 0 Å². The lowest BCUT2D eigenvalue weighted by Crippen LogP contribution is -2.08. The molecule has 0 aliphatic rings. The van der Waals surface area contributed by atoms with Crippen molar-refractivity contribution in [1.82, 2.24) is 0 Å². The quantitative estimate of drug-likeness (QED) is 0.720. The maximum Gasteiger partial charge on any atom is 0.190 e. The molecule has 0 spiro atoms. The van der Waals surface area contributed by atoms with Crippen LogP contribution in [0, 0.1) is 0 Å². The Morgan fingerprint density at radius 1 is 1.18 bits per heavy atom. The van der Waals surface area contributed by atoms with E-state index in [4.69, 9.17) is 11.5 Å². The highest BCUT2D eigenvalue weighted by molar-refractivity contribution is 8.13. The molecule has 0 aromatic rings. The van der Waals surface area contributed by atoms with Crippen molar-refractivity contribution in [3.63, 3.8) is 0 Å². The molecule has 0 unspecified atom stereocenters. The molecule has 6 heteroatoms. The van der Waals surface area contributed by atoms with Gasteiger partial charge >= 0.3 is 0 Å². The van der Waals surface area contributed by atoms with Gasteiger partial charge in [0.1, 0.15) is 0 Å². The number of thioether (sulfide) groups is 1. The summed E-state index contributed by atoms with van der Waals surface area (Å²) >= 11 is 1.26. The van der Waals surface area contributed by atoms with E-state index >= 15 is 0 Å². The van der Waals surface area contributed by atoms with Crippen molar-refractivity contribution < 1.29 is 4.79 Å². The number of nitrogens with two attached hydrogens (primary N) is 2. The first kappa shape index (κ1) is 17.6. The average molecular weight is 221 g/mol. The largest absolute Gasteiger partial charge is 0.330 e. The second kappa shape index (κ2) is 13.1. The first-order chi connectivity index (χ1) is 4.31. The number of carbonyl (C=O) groups excluding carboxylic acids is 1. The molecule has 0 bridgehead atoms. The third-order valence-electron chi connectivity index (χ3n) is 0.729. The van der Waals surface area contributed by atoms with Gasteiger partial charge in [-0.25, -0.2) is 0 Å². The Morgan fingerprint density at radius 2 is 1.73 bits per heavy atom. The molecule has 3 nitrogen and oxygen atoms in total. The zero-order valence-corrected chi connectivity index (χ0v) is 8.57. The number of hydrogen-bond donors (Lipinski definition) is 2. The Balaban J connectivity index is -0.000000320. The molecule has 0 aromatic heterocycles. The zero-order chi connectivity index (χ0) is 7.11. The molecule has 0 heterocycles. The predicted molar refractivity (Wildman–Crippen MR) is 54.7 cm³/mol. The van der Waals surface area contributed by atoms with Gasteiger partial charge in [0, 0.05) is 25.3 Å². The monoisotopic (exact) mass is 220 g/mol. The minimum absolute atomic E-state index is 0. The first-order valence-corrected chi connectivity index (χ1v) is 3.85. The average Bonchev–Trinajstić information content (AvgIpc) is 1.85. The van der Waals surface area contributed by atoms with Gasteiger partial charge in [-0.1, -0.05) is 11.8 Å². The van der Waals surface area contributed by atoms with Gasteiger partial charge in [-0.3, -0.25) is 4.79 Å².